The molecule has 0 N–H and O–H groups in total. The van der Waals surface area contributed by atoms with Crippen LogP contribution in [0.4, 0.5) is 12.9 Å². The van der Waals surface area contributed by atoms with Crippen LogP contribution in [0.1, 0.15) is 13.8 Å². The van der Waals surface area contributed by atoms with Gasteiger partial charge in [-0.25, -0.2) is 0 Å². The molecule has 96 valence electrons. The molecular weight excluding hydrogens is 271 g/mol. The molecule has 0 fully saturated rings. The van der Waals surface area contributed by atoms with Crippen LogP contribution in [0.3, 0.4) is 0 Å². The summed E-state index contributed by atoms with van der Waals surface area (Å²) < 4.78 is 47.4. The molecule has 0 aliphatic heterocycles. The normalized spacial score (nSPS) is 11.2. The van der Waals surface area contributed by atoms with E-state index in [0.717, 1.165) is 12.1 Å². The maximum Gasteiger partial charge on any atom is 1.00 e. The van der Waals surface area contributed by atoms with Gasteiger partial charge >= 0.3 is 58.4 Å². The molecule has 0 heterocycles. The minimum atomic E-state index is -4.93. The second kappa shape index (κ2) is 8.60. The first-order chi connectivity index (χ1) is 7.89. The van der Waals surface area contributed by atoms with Crippen LogP contribution in [-0.4, -0.2) is 26.3 Å². The molecule has 18 heavy (non-hydrogen) atoms. The van der Waals surface area contributed by atoms with Crippen molar-refractivity contribution in [2.24, 2.45) is 0 Å². The summed E-state index contributed by atoms with van der Waals surface area (Å²) in [7, 11) is 0. The summed E-state index contributed by atoms with van der Waals surface area (Å²) in [5, 5.41) is 0. The van der Waals surface area contributed by atoms with E-state index in [-0.39, 0.29) is 57.5 Å². The molecule has 0 spiro atoms. The van der Waals surface area contributed by atoms with Crippen molar-refractivity contribution in [3.8, 4) is 5.75 Å². The van der Waals surface area contributed by atoms with E-state index in [1.807, 2.05) is 13.8 Å². The third-order valence-electron chi connectivity index (χ3n) is 2.06. The zero-order valence-electron chi connectivity index (χ0n) is 10.8. The predicted octanol–water partition coefficient (Wildman–Crippen LogP) is -0.451. The molecule has 1 aromatic rings. The van der Waals surface area contributed by atoms with Gasteiger partial charge in [0.15, 0.2) is 0 Å². The van der Waals surface area contributed by atoms with Crippen molar-refractivity contribution < 1.29 is 73.8 Å². The third-order valence-corrected chi connectivity index (χ3v) is 2.06. The minimum absolute atomic E-state index is 0. The summed E-state index contributed by atoms with van der Waals surface area (Å²) in [6.07, 6.45) is 0.119. The second-order valence-corrected chi connectivity index (χ2v) is 3.91. The number of hydrogen-bond acceptors (Lipinski definition) is 2. The molecular formula is C11H15BF3KO2. The molecule has 0 aliphatic carbocycles. The van der Waals surface area contributed by atoms with Crippen LogP contribution < -0.4 is 61.6 Å². The second-order valence-electron chi connectivity index (χ2n) is 3.91. The molecule has 0 saturated carbocycles. The van der Waals surface area contributed by atoms with Crippen molar-refractivity contribution in [2.45, 2.75) is 20.0 Å². The molecule has 2 nitrogen and oxygen atoms in total. The van der Waals surface area contributed by atoms with E-state index in [4.69, 9.17) is 9.47 Å². The summed E-state index contributed by atoms with van der Waals surface area (Å²) in [6.45, 7) is -0.375. The molecule has 0 radical (unpaired) electrons. The summed E-state index contributed by atoms with van der Waals surface area (Å²) in [5.74, 6) is 0.418. The van der Waals surface area contributed by atoms with Gasteiger partial charge in [-0.3, -0.25) is 0 Å². The Hall–Kier alpha value is 0.471. The van der Waals surface area contributed by atoms with Gasteiger partial charge in [-0.2, -0.15) is 0 Å². The van der Waals surface area contributed by atoms with Gasteiger partial charge < -0.3 is 22.4 Å². The first kappa shape index (κ1) is 18.5. The van der Waals surface area contributed by atoms with Gasteiger partial charge in [0.05, 0.1) is 12.7 Å². The maximum absolute atomic E-state index is 12.3. The van der Waals surface area contributed by atoms with Crippen molar-refractivity contribution in [3.63, 3.8) is 0 Å². The molecule has 0 unspecified atom stereocenters. The monoisotopic (exact) mass is 286 g/mol. The van der Waals surface area contributed by atoms with Gasteiger partial charge in [0.2, 0.25) is 0 Å². The number of ether oxygens (including phenoxy) is 2. The minimum Gasteiger partial charge on any atom is -0.491 e. The summed E-state index contributed by atoms with van der Waals surface area (Å²) in [4.78, 5) is 0. The van der Waals surface area contributed by atoms with Crippen LogP contribution in [-0.2, 0) is 4.74 Å². The fourth-order valence-electron chi connectivity index (χ4n) is 1.23. The standard InChI is InChI=1S/C11H15BF3O2.K/c1-9(2)16-7-8-17-11-5-3-10(4-6-11)12(13,14)15;/h3-6,9H,7-8H2,1-2H3;/q-1;+1. The van der Waals surface area contributed by atoms with Crippen LogP contribution in [0.5, 0.6) is 5.75 Å². The van der Waals surface area contributed by atoms with Gasteiger partial charge in [-0.05, 0) is 26.0 Å². The van der Waals surface area contributed by atoms with Crippen molar-refractivity contribution in [2.75, 3.05) is 13.2 Å². The Balaban J connectivity index is 0.00000289. The van der Waals surface area contributed by atoms with Crippen molar-refractivity contribution in [1.29, 1.82) is 0 Å². The van der Waals surface area contributed by atoms with E-state index < -0.39 is 12.4 Å². The molecule has 1 aromatic carbocycles. The third kappa shape index (κ3) is 7.16. The molecule has 1 rings (SSSR count). The summed E-state index contributed by atoms with van der Waals surface area (Å²) in [6, 6.07) is 4.69. The van der Waals surface area contributed by atoms with E-state index in [1.54, 1.807) is 0 Å². The fourth-order valence-corrected chi connectivity index (χ4v) is 1.23. The van der Waals surface area contributed by atoms with Gasteiger partial charge in [-0.15, -0.1) is 5.46 Å². The predicted molar refractivity (Wildman–Crippen MR) is 61.7 cm³/mol. The number of hydrogen-bond donors (Lipinski definition) is 0. The Morgan fingerprint density at radius 2 is 1.61 bits per heavy atom. The Kier molecular flexibility index (Phi) is 8.83. The Bertz CT molecular complexity index is 341. The largest absolute Gasteiger partial charge is 1.00 e. The van der Waals surface area contributed by atoms with E-state index >= 15 is 0 Å². The molecule has 0 aliphatic rings. The van der Waals surface area contributed by atoms with Crippen LogP contribution >= 0.6 is 0 Å². The van der Waals surface area contributed by atoms with Gasteiger partial charge in [0, 0.05) is 0 Å². The first-order valence-electron chi connectivity index (χ1n) is 5.44. The number of benzene rings is 1. The number of halogens is 3. The molecule has 0 saturated heterocycles. The maximum atomic E-state index is 12.3. The van der Waals surface area contributed by atoms with E-state index in [1.165, 1.54) is 12.1 Å². The topological polar surface area (TPSA) is 18.5 Å². The van der Waals surface area contributed by atoms with Crippen LogP contribution in [0, 0.1) is 0 Å². The Morgan fingerprint density at radius 1 is 1.06 bits per heavy atom. The van der Waals surface area contributed by atoms with E-state index in [9.17, 15) is 12.9 Å². The zero-order chi connectivity index (χ0) is 12.9. The van der Waals surface area contributed by atoms with Crippen LogP contribution in [0.2, 0.25) is 0 Å². The molecule has 0 atom stereocenters. The van der Waals surface area contributed by atoms with Gasteiger partial charge in [-0.1, -0.05) is 12.1 Å². The molecule has 0 aromatic heterocycles. The van der Waals surface area contributed by atoms with Crippen LogP contribution in [0.15, 0.2) is 24.3 Å². The van der Waals surface area contributed by atoms with E-state index in [0.29, 0.717) is 19.0 Å². The van der Waals surface area contributed by atoms with Crippen molar-refractivity contribution in [3.05, 3.63) is 24.3 Å². The van der Waals surface area contributed by atoms with E-state index in [2.05, 4.69) is 0 Å². The average molecular weight is 286 g/mol. The van der Waals surface area contributed by atoms with Gasteiger partial charge in [0.25, 0.3) is 0 Å². The van der Waals surface area contributed by atoms with Gasteiger partial charge in [0.1, 0.15) is 12.4 Å². The molecule has 7 heteroatoms. The molecule has 0 bridgehead atoms. The SMILES string of the molecule is CC(C)OCCOc1ccc([B-](F)(F)F)cc1.[K+]. The first-order valence-corrected chi connectivity index (χ1v) is 5.44. The summed E-state index contributed by atoms with van der Waals surface area (Å²) >= 11 is 0. The number of rotatable bonds is 6. The Labute approximate surface area is 148 Å². The summed E-state index contributed by atoms with van der Waals surface area (Å²) in [5.41, 5.74) is -0.615. The average Bonchev–Trinajstić information content (AvgIpc) is 2.23. The van der Waals surface area contributed by atoms with Crippen molar-refractivity contribution in [1.82, 2.24) is 0 Å². The smallest absolute Gasteiger partial charge is 0.491 e. The van der Waals surface area contributed by atoms with Crippen LogP contribution in [0.25, 0.3) is 0 Å². The quantitative estimate of drug-likeness (QED) is 0.521. The zero-order valence-corrected chi connectivity index (χ0v) is 14.0. The fraction of sp³-hybridized carbons (Fsp3) is 0.455. The molecule has 0 amide bonds. The Morgan fingerprint density at radius 3 is 2.06 bits per heavy atom. The van der Waals surface area contributed by atoms with Crippen molar-refractivity contribution >= 4 is 12.4 Å².